The molecule has 2 rings (SSSR count). The number of hydrogen-bond donors (Lipinski definition) is 0. The number of aryl methyl sites for hydroxylation is 1. The van der Waals surface area contributed by atoms with Crippen LogP contribution in [0.2, 0.25) is 0 Å². The minimum absolute atomic E-state index is 0.341. The molecule has 4 heteroatoms. The van der Waals surface area contributed by atoms with Gasteiger partial charge in [0.15, 0.2) is 0 Å². The molecule has 0 aliphatic carbocycles. The second kappa shape index (κ2) is 4.71. The third-order valence-corrected chi connectivity index (χ3v) is 5.05. The fraction of sp³-hybridized carbons (Fsp3) is 0.286. The molecular weight excluding hydrogens is 246 g/mol. The molecule has 1 fully saturated rings. The van der Waals surface area contributed by atoms with Crippen LogP contribution in [0.25, 0.3) is 0 Å². The highest BCUT2D eigenvalue weighted by Gasteiger charge is 2.28. The van der Waals surface area contributed by atoms with Crippen LogP contribution in [0.4, 0.5) is 0 Å². The predicted octanol–water partition coefficient (Wildman–Crippen LogP) is 2.50. The number of sulfonamides is 1. The van der Waals surface area contributed by atoms with Gasteiger partial charge in [-0.2, -0.15) is 4.31 Å². The van der Waals surface area contributed by atoms with Gasteiger partial charge in [0.2, 0.25) is 10.0 Å². The molecule has 3 nitrogen and oxygen atoms in total. The summed E-state index contributed by atoms with van der Waals surface area (Å²) in [6.07, 6.45) is 0.657. The topological polar surface area (TPSA) is 37.4 Å². The zero-order valence-corrected chi connectivity index (χ0v) is 11.3. The van der Waals surface area contributed by atoms with Gasteiger partial charge in [-0.25, -0.2) is 8.42 Å². The maximum absolute atomic E-state index is 12.4. The van der Waals surface area contributed by atoms with E-state index in [1.165, 1.54) is 4.31 Å². The Morgan fingerprint density at radius 3 is 2.28 bits per heavy atom. The third kappa shape index (κ3) is 2.40. The zero-order chi connectivity index (χ0) is 13.3. The molecule has 18 heavy (non-hydrogen) atoms. The fourth-order valence-corrected chi connectivity index (χ4v) is 3.34. The van der Waals surface area contributed by atoms with E-state index in [0.29, 0.717) is 24.4 Å². The molecule has 1 heterocycles. The standard InChI is InChI=1S/C14H17NO2S/c1-11-4-6-14(7-5-11)18(16,17)15-9-8-12(2)13(3)10-15/h4-7H,2-3,8-10H2,1H3. The van der Waals surface area contributed by atoms with E-state index in [2.05, 4.69) is 13.2 Å². The van der Waals surface area contributed by atoms with Crippen molar-refractivity contribution in [1.82, 2.24) is 4.31 Å². The Morgan fingerprint density at radius 1 is 1.11 bits per heavy atom. The lowest BCUT2D eigenvalue weighted by Crippen LogP contribution is -2.37. The average Bonchev–Trinajstić information content (AvgIpc) is 2.33. The van der Waals surface area contributed by atoms with Gasteiger partial charge in [0.1, 0.15) is 0 Å². The molecule has 0 saturated carbocycles. The van der Waals surface area contributed by atoms with Crippen LogP contribution in [0.15, 0.2) is 53.5 Å². The van der Waals surface area contributed by atoms with Crippen LogP contribution in [-0.2, 0) is 10.0 Å². The van der Waals surface area contributed by atoms with Gasteiger partial charge >= 0.3 is 0 Å². The van der Waals surface area contributed by atoms with Crippen LogP contribution in [0.5, 0.6) is 0 Å². The van der Waals surface area contributed by atoms with Crippen LogP contribution < -0.4 is 0 Å². The molecule has 0 spiro atoms. The highest BCUT2D eigenvalue weighted by molar-refractivity contribution is 7.89. The van der Waals surface area contributed by atoms with Gasteiger partial charge < -0.3 is 0 Å². The van der Waals surface area contributed by atoms with Crippen LogP contribution >= 0.6 is 0 Å². The minimum atomic E-state index is -3.40. The third-order valence-electron chi connectivity index (χ3n) is 3.19. The summed E-state index contributed by atoms with van der Waals surface area (Å²) >= 11 is 0. The summed E-state index contributed by atoms with van der Waals surface area (Å²) < 4.78 is 26.3. The van der Waals surface area contributed by atoms with E-state index in [9.17, 15) is 8.42 Å². The van der Waals surface area contributed by atoms with E-state index in [0.717, 1.165) is 16.7 Å². The van der Waals surface area contributed by atoms with Crippen molar-refractivity contribution < 1.29 is 8.42 Å². The molecule has 0 atom stereocenters. The Bertz CT molecular complexity index is 585. The molecule has 0 radical (unpaired) electrons. The number of hydrogen-bond acceptors (Lipinski definition) is 2. The van der Waals surface area contributed by atoms with Crippen LogP contribution in [0.1, 0.15) is 12.0 Å². The normalized spacial score (nSPS) is 18.1. The summed E-state index contributed by atoms with van der Waals surface area (Å²) in [5.41, 5.74) is 2.80. The van der Waals surface area contributed by atoms with Gasteiger partial charge in [-0.3, -0.25) is 0 Å². The Hall–Kier alpha value is -1.39. The van der Waals surface area contributed by atoms with Crippen molar-refractivity contribution in [2.75, 3.05) is 13.1 Å². The van der Waals surface area contributed by atoms with Gasteiger partial charge in [0.05, 0.1) is 4.90 Å². The average molecular weight is 263 g/mol. The summed E-state index contributed by atoms with van der Waals surface area (Å²) in [7, 11) is -3.40. The van der Waals surface area contributed by atoms with Crippen molar-refractivity contribution in [3.63, 3.8) is 0 Å². The van der Waals surface area contributed by atoms with E-state index < -0.39 is 10.0 Å². The Balaban J connectivity index is 2.29. The summed E-state index contributed by atoms with van der Waals surface area (Å²) in [6, 6.07) is 6.92. The van der Waals surface area contributed by atoms with Crippen molar-refractivity contribution in [3.05, 3.63) is 54.1 Å². The smallest absolute Gasteiger partial charge is 0.207 e. The van der Waals surface area contributed by atoms with Crippen molar-refractivity contribution in [2.45, 2.75) is 18.2 Å². The van der Waals surface area contributed by atoms with Gasteiger partial charge in [-0.1, -0.05) is 30.9 Å². The number of nitrogens with zero attached hydrogens (tertiary/aromatic N) is 1. The minimum Gasteiger partial charge on any atom is -0.207 e. The summed E-state index contributed by atoms with van der Waals surface area (Å²) in [4.78, 5) is 0.341. The molecule has 1 aliphatic rings. The second-order valence-electron chi connectivity index (χ2n) is 4.61. The first-order valence-electron chi connectivity index (χ1n) is 5.84. The fourth-order valence-electron chi connectivity index (χ4n) is 1.90. The summed E-state index contributed by atoms with van der Waals surface area (Å²) in [5, 5.41) is 0. The first-order valence-corrected chi connectivity index (χ1v) is 7.28. The highest BCUT2D eigenvalue weighted by atomic mass is 32.2. The first kappa shape index (κ1) is 13.1. The maximum Gasteiger partial charge on any atom is 0.243 e. The largest absolute Gasteiger partial charge is 0.243 e. The molecule has 0 unspecified atom stereocenters. The Labute approximate surface area is 108 Å². The molecule has 0 amide bonds. The SMILES string of the molecule is C=C1CCN(S(=O)(=O)c2ccc(C)cc2)CC1=C. The molecule has 0 aromatic heterocycles. The maximum atomic E-state index is 12.4. The number of piperidine rings is 1. The molecule has 1 aliphatic heterocycles. The van der Waals surface area contributed by atoms with E-state index >= 15 is 0 Å². The molecule has 1 saturated heterocycles. The molecule has 1 aromatic carbocycles. The van der Waals surface area contributed by atoms with E-state index in [1.54, 1.807) is 12.1 Å². The van der Waals surface area contributed by atoms with Crippen molar-refractivity contribution in [3.8, 4) is 0 Å². The number of benzene rings is 1. The molecule has 0 N–H and O–H groups in total. The molecule has 0 bridgehead atoms. The lowest BCUT2D eigenvalue weighted by Gasteiger charge is -2.28. The van der Waals surface area contributed by atoms with Gasteiger partial charge in [0.25, 0.3) is 0 Å². The van der Waals surface area contributed by atoms with Crippen molar-refractivity contribution in [1.29, 1.82) is 0 Å². The Kier molecular flexibility index (Phi) is 3.41. The van der Waals surface area contributed by atoms with E-state index in [-0.39, 0.29) is 0 Å². The molecule has 1 aromatic rings. The number of rotatable bonds is 2. The monoisotopic (exact) mass is 263 g/mol. The molecular formula is C14H17NO2S. The highest BCUT2D eigenvalue weighted by Crippen LogP contribution is 2.25. The van der Waals surface area contributed by atoms with Gasteiger partial charge in [0, 0.05) is 13.1 Å². The predicted molar refractivity (Wildman–Crippen MR) is 72.8 cm³/mol. The zero-order valence-electron chi connectivity index (χ0n) is 10.5. The van der Waals surface area contributed by atoms with Gasteiger partial charge in [-0.15, -0.1) is 0 Å². The summed E-state index contributed by atoms with van der Waals surface area (Å²) in [5.74, 6) is 0. The lowest BCUT2D eigenvalue weighted by molar-refractivity contribution is 0.422. The van der Waals surface area contributed by atoms with Crippen molar-refractivity contribution in [2.24, 2.45) is 0 Å². The van der Waals surface area contributed by atoms with Crippen LogP contribution in [0, 0.1) is 6.92 Å². The molecule has 96 valence electrons. The van der Waals surface area contributed by atoms with Crippen molar-refractivity contribution >= 4 is 10.0 Å². The first-order chi connectivity index (χ1) is 8.41. The van der Waals surface area contributed by atoms with E-state index in [4.69, 9.17) is 0 Å². The van der Waals surface area contributed by atoms with Crippen LogP contribution in [-0.4, -0.2) is 25.8 Å². The summed E-state index contributed by atoms with van der Waals surface area (Å²) in [6.45, 7) is 10.5. The van der Waals surface area contributed by atoms with E-state index in [1.807, 2.05) is 19.1 Å². The van der Waals surface area contributed by atoms with Gasteiger partial charge in [-0.05, 0) is 36.6 Å². The lowest BCUT2D eigenvalue weighted by atomic mass is 10.0. The second-order valence-corrected chi connectivity index (χ2v) is 6.55. The quantitative estimate of drug-likeness (QED) is 0.822. The Morgan fingerprint density at radius 2 is 1.72 bits per heavy atom. The van der Waals surface area contributed by atoms with Crippen LogP contribution in [0.3, 0.4) is 0 Å².